The molecule has 1 unspecified atom stereocenters. The first-order valence-electron chi connectivity index (χ1n) is 6.24. The van der Waals surface area contributed by atoms with E-state index in [2.05, 4.69) is 17.0 Å². The van der Waals surface area contributed by atoms with Crippen LogP contribution in [0.5, 0.6) is 0 Å². The Hall–Kier alpha value is -1.56. The van der Waals surface area contributed by atoms with Gasteiger partial charge in [-0.15, -0.1) is 0 Å². The Kier molecular flexibility index (Phi) is 3.56. The van der Waals surface area contributed by atoms with Gasteiger partial charge in [0.05, 0.1) is 6.20 Å². The summed E-state index contributed by atoms with van der Waals surface area (Å²) in [6.07, 6.45) is 3.89. The number of hydrogen-bond donors (Lipinski definition) is 1. The number of aromatic nitrogens is 2. The Morgan fingerprint density at radius 1 is 1.61 bits per heavy atom. The number of likely N-dealkylation sites (tertiary alicyclic amines) is 1. The molecule has 6 nitrogen and oxygen atoms in total. The van der Waals surface area contributed by atoms with Crippen molar-refractivity contribution in [1.29, 1.82) is 0 Å². The monoisotopic (exact) mass is 251 g/mol. The summed E-state index contributed by atoms with van der Waals surface area (Å²) in [4.78, 5) is 16.3. The van der Waals surface area contributed by atoms with Crippen molar-refractivity contribution in [2.75, 3.05) is 32.9 Å². The van der Waals surface area contributed by atoms with Gasteiger partial charge in [-0.1, -0.05) is 0 Å². The summed E-state index contributed by atoms with van der Waals surface area (Å²) in [5.41, 5.74) is 6.31. The maximum absolute atomic E-state index is 12.2. The van der Waals surface area contributed by atoms with E-state index in [1.54, 1.807) is 11.9 Å². The summed E-state index contributed by atoms with van der Waals surface area (Å²) in [6.45, 7) is 1.85. The van der Waals surface area contributed by atoms with E-state index in [9.17, 15) is 4.79 Å². The van der Waals surface area contributed by atoms with Crippen molar-refractivity contribution >= 4 is 11.7 Å². The van der Waals surface area contributed by atoms with E-state index in [0.717, 1.165) is 19.5 Å². The lowest BCUT2D eigenvalue weighted by Gasteiger charge is -2.25. The standard InChI is InChI=1S/C12H21N5O/c1-15-6-4-5-9(15)8-16(2)12(18)10-7-14-17(3)11(10)13/h7,9H,4-6,8,13H2,1-3H3. The summed E-state index contributed by atoms with van der Waals surface area (Å²) in [5.74, 6) is 0.368. The predicted octanol–water partition coefficient (Wildman–Crippen LogP) is 0.169. The highest BCUT2D eigenvalue weighted by Crippen LogP contribution is 2.17. The normalized spacial score (nSPS) is 20.3. The molecule has 0 aliphatic carbocycles. The van der Waals surface area contributed by atoms with Crippen LogP contribution >= 0.6 is 0 Å². The van der Waals surface area contributed by atoms with E-state index >= 15 is 0 Å². The van der Waals surface area contributed by atoms with Gasteiger partial charge in [0, 0.05) is 26.7 Å². The van der Waals surface area contributed by atoms with E-state index in [0.29, 0.717) is 17.4 Å². The molecule has 1 fully saturated rings. The molecule has 0 radical (unpaired) electrons. The summed E-state index contributed by atoms with van der Waals surface area (Å²) in [6, 6.07) is 0.455. The van der Waals surface area contributed by atoms with Crippen LogP contribution in [0.1, 0.15) is 23.2 Å². The SMILES string of the molecule is CN(CC1CCCN1C)C(=O)c1cnn(C)c1N. The summed E-state index contributed by atoms with van der Waals surface area (Å²) < 4.78 is 1.52. The molecule has 1 aliphatic rings. The minimum Gasteiger partial charge on any atom is -0.383 e. The lowest BCUT2D eigenvalue weighted by atomic mass is 10.2. The molecule has 1 aromatic heterocycles. The average Bonchev–Trinajstić information content (AvgIpc) is 2.87. The van der Waals surface area contributed by atoms with Crippen LogP contribution in [0.3, 0.4) is 0 Å². The number of nitrogens with two attached hydrogens (primary N) is 1. The quantitative estimate of drug-likeness (QED) is 0.831. The summed E-state index contributed by atoms with van der Waals surface area (Å²) >= 11 is 0. The van der Waals surface area contributed by atoms with Crippen molar-refractivity contribution in [3.8, 4) is 0 Å². The van der Waals surface area contributed by atoms with Crippen molar-refractivity contribution < 1.29 is 4.79 Å². The van der Waals surface area contributed by atoms with Gasteiger partial charge < -0.3 is 15.5 Å². The van der Waals surface area contributed by atoms with Crippen LogP contribution < -0.4 is 5.73 Å². The molecule has 0 aromatic carbocycles. The molecular formula is C12H21N5O. The number of carbonyl (C=O) groups is 1. The van der Waals surface area contributed by atoms with Gasteiger partial charge in [-0.2, -0.15) is 5.10 Å². The number of nitrogen functional groups attached to an aromatic ring is 1. The highest BCUT2D eigenvalue weighted by atomic mass is 16.2. The van der Waals surface area contributed by atoms with Crippen LogP contribution in [0.2, 0.25) is 0 Å². The minimum absolute atomic E-state index is 0.0547. The molecule has 0 saturated carbocycles. The van der Waals surface area contributed by atoms with Crippen LogP contribution in [0, 0.1) is 0 Å². The van der Waals surface area contributed by atoms with Gasteiger partial charge in [0.15, 0.2) is 0 Å². The smallest absolute Gasteiger partial charge is 0.259 e. The Morgan fingerprint density at radius 3 is 2.83 bits per heavy atom. The Morgan fingerprint density at radius 2 is 2.33 bits per heavy atom. The van der Waals surface area contributed by atoms with Gasteiger partial charge in [-0.05, 0) is 26.4 Å². The largest absolute Gasteiger partial charge is 0.383 e. The fourth-order valence-corrected chi connectivity index (χ4v) is 2.43. The number of nitrogens with zero attached hydrogens (tertiary/aromatic N) is 4. The third-order valence-electron chi connectivity index (χ3n) is 3.72. The van der Waals surface area contributed by atoms with Crippen molar-refractivity contribution in [2.45, 2.75) is 18.9 Å². The first-order valence-corrected chi connectivity index (χ1v) is 6.24. The van der Waals surface area contributed by atoms with Gasteiger partial charge in [0.1, 0.15) is 11.4 Å². The number of likely N-dealkylation sites (N-methyl/N-ethyl adjacent to an activating group) is 2. The van der Waals surface area contributed by atoms with Crippen molar-refractivity contribution in [2.24, 2.45) is 7.05 Å². The van der Waals surface area contributed by atoms with Crippen molar-refractivity contribution in [3.05, 3.63) is 11.8 Å². The molecule has 6 heteroatoms. The van der Waals surface area contributed by atoms with E-state index in [1.165, 1.54) is 17.3 Å². The molecule has 2 heterocycles. The highest BCUT2D eigenvalue weighted by Gasteiger charge is 2.25. The second-order valence-corrected chi connectivity index (χ2v) is 5.03. The molecule has 2 rings (SSSR count). The van der Waals surface area contributed by atoms with Crippen LogP contribution in [0.25, 0.3) is 0 Å². The highest BCUT2D eigenvalue weighted by molar-refractivity contribution is 5.98. The maximum Gasteiger partial charge on any atom is 0.259 e. The van der Waals surface area contributed by atoms with Gasteiger partial charge >= 0.3 is 0 Å². The van der Waals surface area contributed by atoms with Gasteiger partial charge in [-0.3, -0.25) is 9.48 Å². The second-order valence-electron chi connectivity index (χ2n) is 5.03. The zero-order valence-electron chi connectivity index (χ0n) is 11.3. The molecule has 1 aromatic rings. The molecule has 18 heavy (non-hydrogen) atoms. The Labute approximate surface area is 107 Å². The maximum atomic E-state index is 12.2. The second kappa shape index (κ2) is 4.97. The molecule has 0 spiro atoms. The first-order chi connectivity index (χ1) is 8.50. The average molecular weight is 251 g/mol. The Balaban J connectivity index is 2.02. The lowest BCUT2D eigenvalue weighted by molar-refractivity contribution is 0.0762. The van der Waals surface area contributed by atoms with Gasteiger partial charge in [0.2, 0.25) is 0 Å². The van der Waals surface area contributed by atoms with Crippen LogP contribution in [0.15, 0.2) is 6.20 Å². The molecular weight excluding hydrogens is 230 g/mol. The van der Waals surface area contributed by atoms with Crippen LogP contribution in [-0.4, -0.2) is 58.7 Å². The molecule has 1 saturated heterocycles. The molecule has 0 bridgehead atoms. The fourth-order valence-electron chi connectivity index (χ4n) is 2.43. The topological polar surface area (TPSA) is 67.4 Å². The first kappa shape index (κ1) is 12.9. The number of hydrogen-bond acceptors (Lipinski definition) is 4. The number of amides is 1. The van der Waals surface area contributed by atoms with E-state index in [1.807, 2.05) is 7.05 Å². The van der Waals surface area contributed by atoms with Crippen molar-refractivity contribution in [3.63, 3.8) is 0 Å². The molecule has 100 valence electrons. The zero-order chi connectivity index (χ0) is 13.3. The number of carbonyl (C=O) groups excluding carboxylic acids is 1. The van der Waals surface area contributed by atoms with Gasteiger partial charge in [-0.25, -0.2) is 0 Å². The molecule has 1 aliphatic heterocycles. The van der Waals surface area contributed by atoms with E-state index in [4.69, 9.17) is 5.73 Å². The summed E-state index contributed by atoms with van der Waals surface area (Å²) in [5, 5.41) is 4.00. The molecule has 2 N–H and O–H groups in total. The third kappa shape index (κ3) is 2.33. The predicted molar refractivity (Wildman–Crippen MR) is 70.2 cm³/mol. The summed E-state index contributed by atoms with van der Waals surface area (Å²) in [7, 11) is 5.66. The van der Waals surface area contributed by atoms with Crippen LogP contribution in [-0.2, 0) is 7.05 Å². The fraction of sp³-hybridized carbons (Fsp3) is 0.667. The lowest BCUT2D eigenvalue weighted by Crippen LogP contribution is -2.39. The van der Waals surface area contributed by atoms with E-state index < -0.39 is 0 Å². The molecule has 1 amide bonds. The van der Waals surface area contributed by atoms with Crippen molar-refractivity contribution in [1.82, 2.24) is 19.6 Å². The van der Waals surface area contributed by atoms with Gasteiger partial charge in [0.25, 0.3) is 5.91 Å². The van der Waals surface area contributed by atoms with E-state index in [-0.39, 0.29) is 5.91 Å². The minimum atomic E-state index is -0.0547. The number of aryl methyl sites for hydroxylation is 1. The molecule has 1 atom stereocenters. The van der Waals surface area contributed by atoms with Crippen LogP contribution in [0.4, 0.5) is 5.82 Å². The Bertz CT molecular complexity index is 442. The third-order valence-corrected chi connectivity index (χ3v) is 3.72. The zero-order valence-corrected chi connectivity index (χ0v) is 11.3. The number of rotatable bonds is 3. The number of anilines is 1.